The van der Waals surface area contributed by atoms with Crippen LogP contribution in [-0.2, 0) is 9.59 Å². The van der Waals surface area contributed by atoms with Gasteiger partial charge in [0.25, 0.3) is 11.8 Å². The van der Waals surface area contributed by atoms with Crippen LogP contribution in [0.15, 0.2) is 42.0 Å². The van der Waals surface area contributed by atoms with Crippen LogP contribution in [0.2, 0.25) is 5.02 Å². The van der Waals surface area contributed by atoms with Gasteiger partial charge >= 0.3 is 6.03 Å². The van der Waals surface area contributed by atoms with Crippen LogP contribution in [0, 0.1) is 0 Å². The lowest BCUT2D eigenvalue weighted by molar-refractivity contribution is -0.122. The van der Waals surface area contributed by atoms with E-state index < -0.39 is 17.8 Å². The van der Waals surface area contributed by atoms with Crippen LogP contribution < -0.4 is 24.4 Å². The van der Waals surface area contributed by atoms with E-state index in [2.05, 4.69) is 12.2 Å². The molecule has 174 valence electrons. The number of carbonyl (C=O) groups excluding carboxylic acids is 3. The van der Waals surface area contributed by atoms with Crippen molar-refractivity contribution in [1.82, 2.24) is 5.32 Å². The predicted octanol–water partition coefficient (Wildman–Crippen LogP) is 4.59. The number of halogens is 1. The number of carbonyl (C=O) groups is 3. The maximum atomic E-state index is 13.1. The minimum Gasteiger partial charge on any atom is -0.494 e. The first kappa shape index (κ1) is 24.1. The summed E-state index contributed by atoms with van der Waals surface area (Å²) in [7, 11) is 1.46. The van der Waals surface area contributed by atoms with Crippen LogP contribution in [0.1, 0.15) is 32.3 Å². The van der Waals surface area contributed by atoms with Crippen LogP contribution in [0.4, 0.5) is 10.5 Å². The number of benzene rings is 2. The van der Waals surface area contributed by atoms with Gasteiger partial charge in [0.2, 0.25) is 0 Å². The fraction of sp³-hybridized carbons (Fsp3) is 0.292. The van der Waals surface area contributed by atoms with Gasteiger partial charge in [-0.2, -0.15) is 0 Å². The van der Waals surface area contributed by atoms with E-state index in [1.807, 2.05) is 6.92 Å². The Morgan fingerprint density at radius 1 is 1.06 bits per heavy atom. The Hall–Kier alpha value is -3.52. The van der Waals surface area contributed by atoms with Crippen LogP contribution >= 0.6 is 11.6 Å². The van der Waals surface area contributed by atoms with Crippen molar-refractivity contribution in [1.29, 1.82) is 0 Å². The van der Waals surface area contributed by atoms with Gasteiger partial charge in [0.05, 0.1) is 31.0 Å². The zero-order chi connectivity index (χ0) is 24.0. The molecule has 0 atom stereocenters. The molecule has 1 fully saturated rings. The number of anilines is 1. The average molecular weight is 473 g/mol. The smallest absolute Gasteiger partial charge is 0.335 e. The highest BCUT2D eigenvalue weighted by Crippen LogP contribution is 2.37. The lowest BCUT2D eigenvalue weighted by Crippen LogP contribution is -2.54. The maximum Gasteiger partial charge on any atom is 0.335 e. The molecule has 3 rings (SSSR count). The lowest BCUT2D eigenvalue weighted by Gasteiger charge is -2.26. The number of ether oxygens (including phenoxy) is 3. The summed E-state index contributed by atoms with van der Waals surface area (Å²) >= 11 is 6.29. The molecule has 1 heterocycles. The Labute approximate surface area is 197 Å². The predicted molar refractivity (Wildman–Crippen MR) is 125 cm³/mol. The number of imide groups is 2. The molecule has 1 aliphatic rings. The Morgan fingerprint density at radius 2 is 1.79 bits per heavy atom. The molecule has 33 heavy (non-hydrogen) atoms. The van der Waals surface area contributed by atoms with Gasteiger partial charge in [0.15, 0.2) is 11.5 Å². The van der Waals surface area contributed by atoms with Crippen molar-refractivity contribution in [2.45, 2.75) is 26.7 Å². The van der Waals surface area contributed by atoms with Crippen molar-refractivity contribution in [3.63, 3.8) is 0 Å². The van der Waals surface area contributed by atoms with E-state index >= 15 is 0 Å². The molecule has 0 aromatic heterocycles. The summed E-state index contributed by atoms with van der Waals surface area (Å²) in [6, 6.07) is 8.82. The molecule has 1 N–H and O–H groups in total. The lowest BCUT2D eigenvalue weighted by atomic mass is 10.1. The first-order valence-corrected chi connectivity index (χ1v) is 10.9. The van der Waals surface area contributed by atoms with E-state index in [0.717, 1.165) is 17.7 Å². The van der Waals surface area contributed by atoms with Gasteiger partial charge in [-0.05, 0) is 61.4 Å². The number of barbiturate groups is 1. The molecule has 1 aliphatic heterocycles. The monoisotopic (exact) mass is 472 g/mol. The molecule has 8 nitrogen and oxygen atoms in total. The first-order chi connectivity index (χ1) is 15.9. The van der Waals surface area contributed by atoms with Gasteiger partial charge in [-0.1, -0.05) is 24.9 Å². The molecule has 2 aromatic rings. The van der Waals surface area contributed by atoms with Crippen LogP contribution in [0.5, 0.6) is 17.2 Å². The molecular formula is C24H25ClN2O6. The number of nitrogens with zero attached hydrogens (tertiary/aromatic N) is 1. The summed E-state index contributed by atoms with van der Waals surface area (Å²) in [5, 5.41) is 2.46. The molecule has 4 amide bonds. The minimum atomic E-state index is -0.830. The zero-order valence-electron chi connectivity index (χ0n) is 18.6. The number of methoxy groups -OCH3 is 1. The molecule has 1 saturated heterocycles. The van der Waals surface area contributed by atoms with Crippen molar-refractivity contribution < 1.29 is 28.6 Å². The number of urea groups is 1. The van der Waals surface area contributed by atoms with Crippen molar-refractivity contribution in [2.75, 3.05) is 25.2 Å². The fourth-order valence-electron chi connectivity index (χ4n) is 3.19. The highest BCUT2D eigenvalue weighted by molar-refractivity contribution is 6.39. The molecule has 0 bridgehead atoms. The van der Waals surface area contributed by atoms with Gasteiger partial charge in [-0.15, -0.1) is 0 Å². The number of amides is 4. The largest absolute Gasteiger partial charge is 0.494 e. The Kier molecular flexibility index (Phi) is 7.95. The van der Waals surface area contributed by atoms with Crippen molar-refractivity contribution in [2.24, 2.45) is 0 Å². The SMILES string of the molecule is CCCCOc1ccc(N2C(=O)NC(=O)/C(=C/c3cc(Cl)c(OCC)c(OC)c3)C2=O)cc1. The quantitative estimate of drug-likeness (QED) is 0.326. The molecule has 0 radical (unpaired) electrons. The Morgan fingerprint density at radius 3 is 2.42 bits per heavy atom. The van der Waals surface area contributed by atoms with Crippen LogP contribution in [-0.4, -0.2) is 38.2 Å². The van der Waals surface area contributed by atoms with Gasteiger partial charge in [-0.3, -0.25) is 14.9 Å². The minimum absolute atomic E-state index is 0.222. The molecule has 0 aliphatic carbocycles. The molecular weight excluding hydrogens is 448 g/mol. The third-order valence-electron chi connectivity index (χ3n) is 4.81. The highest BCUT2D eigenvalue weighted by atomic mass is 35.5. The summed E-state index contributed by atoms with van der Waals surface area (Å²) in [4.78, 5) is 38.9. The normalized spacial score (nSPS) is 15.0. The van der Waals surface area contributed by atoms with Gasteiger partial charge in [0, 0.05) is 0 Å². The van der Waals surface area contributed by atoms with E-state index in [-0.39, 0.29) is 10.6 Å². The summed E-state index contributed by atoms with van der Waals surface area (Å²) < 4.78 is 16.4. The molecule has 0 spiro atoms. The Bertz CT molecular complexity index is 1080. The summed E-state index contributed by atoms with van der Waals surface area (Å²) in [5.74, 6) is -0.218. The van der Waals surface area contributed by atoms with Crippen LogP contribution in [0.25, 0.3) is 6.08 Å². The highest BCUT2D eigenvalue weighted by Gasteiger charge is 2.36. The number of hydrogen-bond donors (Lipinski definition) is 1. The van der Waals surface area contributed by atoms with Crippen molar-refractivity contribution >= 4 is 41.2 Å². The zero-order valence-corrected chi connectivity index (χ0v) is 19.4. The number of hydrogen-bond acceptors (Lipinski definition) is 6. The van der Waals surface area contributed by atoms with Gasteiger partial charge < -0.3 is 14.2 Å². The van der Waals surface area contributed by atoms with E-state index in [1.165, 1.54) is 13.2 Å². The second-order valence-corrected chi connectivity index (χ2v) is 7.53. The topological polar surface area (TPSA) is 94.2 Å². The second kappa shape index (κ2) is 10.9. The second-order valence-electron chi connectivity index (χ2n) is 7.12. The van der Waals surface area contributed by atoms with Gasteiger partial charge in [0.1, 0.15) is 11.3 Å². The fourth-order valence-corrected chi connectivity index (χ4v) is 3.47. The third-order valence-corrected chi connectivity index (χ3v) is 5.10. The molecule has 9 heteroatoms. The maximum absolute atomic E-state index is 13.1. The standard InChI is InChI=1S/C24H25ClN2O6/c1-4-6-11-33-17-9-7-16(8-10-17)27-23(29)18(22(28)26-24(27)30)12-15-13-19(25)21(32-5-2)20(14-15)31-3/h7-10,12-14H,4-6,11H2,1-3H3,(H,26,28,30)/b18-12-. The van der Waals surface area contributed by atoms with E-state index in [9.17, 15) is 14.4 Å². The van der Waals surface area contributed by atoms with E-state index in [1.54, 1.807) is 36.4 Å². The molecule has 0 unspecified atom stereocenters. The van der Waals surface area contributed by atoms with Crippen molar-refractivity contribution in [3.05, 3.63) is 52.6 Å². The first-order valence-electron chi connectivity index (χ1n) is 10.5. The van der Waals surface area contributed by atoms with E-state index in [4.69, 9.17) is 25.8 Å². The van der Waals surface area contributed by atoms with E-state index in [0.29, 0.717) is 41.7 Å². The van der Waals surface area contributed by atoms with Crippen molar-refractivity contribution in [3.8, 4) is 17.2 Å². The number of rotatable bonds is 9. The molecule has 0 saturated carbocycles. The van der Waals surface area contributed by atoms with Crippen LogP contribution in [0.3, 0.4) is 0 Å². The summed E-state index contributed by atoms with van der Waals surface area (Å²) in [5.41, 5.74) is 0.522. The summed E-state index contributed by atoms with van der Waals surface area (Å²) in [6.45, 7) is 4.84. The average Bonchev–Trinajstić information content (AvgIpc) is 2.79. The number of nitrogens with one attached hydrogen (secondary N) is 1. The summed E-state index contributed by atoms with van der Waals surface area (Å²) in [6.07, 6.45) is 3.28. The Balaban J connectivity index is 1.91. The number of unbranched alkanes of at least 4 members (excludes halogenated alkanes) is 1. The third kappa shape index (κ3) is 5.46. The van der Waals surface area contributed by atoms with Gasteiger partial charge in [-0.25, -0.2) is 9.69 Å². The molecule has 2 aromatic carbocycles.